The zero-order chi connectivity index (χ0) is 22.9. The molecule has 0 aromatic heterocycles. The Bertz CT molecular complexity index is 1050. The van der Waals surface area contributed by atoms with Gasteiger partial charge in [0.05, 0.1) is 18.8 Å². The second-order valence-corrected chi connectivity index (χ2v) is 8.42. The lowest BCUT2D eigenvalue weighted by Crippen LogP contribution is -2.44. The number of hydrogen-bond donors (Lipinski definition) is 2. The van der Waals surface area contributed by atoms with Crippen LogP contribution in [0.4, 0.5) is 16.2 Å². The molecule has 2 aliphatic rings. The standard InChI is InChI=1S/C24H25ClN2O5/c1-16(4-2-3-12-28)24(31)20-14-18(25)7-10-21(20)27(22(24)29)15-17-5-8-19(9-6-17)26-11-13-32-23(26)30/h2,4-10,14,16,28,31H,3,11-13,15H2,1H3/b4-2+/t16-,24+/m0/s1. The predicted octanol–water partition coefficient (Wildman–Crippen LogP) is 3.61. The molecule has 2 heterocycles. The van der Waals surface area contributed by atoms with E-state index in [1.54, 1.807) is 47.1 Å². The molecule has 0 bridgehead atoms. The summed E-state index contributed by atoms with van der Waals surface area (Å²) >= 11 is 6.19. The Labute approximate surface area is 191 Å². The molecule has 168 valence electrons. The molecular formula is C24H25ClN2O5. The number of cyclic esters (lactones) is 1. The first-order valence-corrected chi connectivity index (χ1v) is 10.9. The summed E-state index contributed by atoms with van der Waals surface area (Å²) in [5, 5.41) is 21.0. The number of hydrogen-bond acceptors (Lipinski definition) is 5. The van der Waals surface area contributed by atoms with Gasteiger partial charge in [0.1, 0.15) is 6.61 Å². The van der Waals surface area contributed by atoms with Crippen molar-refractivity contribution in [3.8, 4) is 0 Å². The highest BCUT2D eigenvalue weighted by atomic mass is 35.5. The topological polar surface area (TPSA) is 90.3 Å². The van der Waals surface area contributed by atoms with Crippen molar-refractivity contribution in [2.75, 3.05) is 29.6 Å². The van der Waals surface area contributed by atoms with E-state index in [0.717, 1.165) is 11.3 Å². The zero-order valence-corrected chi connectivity index (χ0v) is 18.5. The third-order valence-electron chi connectivity index (χ3n) is 5.96. The normalized spacial score (nSPS) is 21.4. The van der Waals surface area contributed by atoms with Crippen LogP contribution in [0.3, 0.4) is 0 Å². The maximum atomic E-state index is 13.5. The van der Waals surface area contributed by atoms with E-state index in [1.807, 2.05) is 24.3 Å². The van der Waals surface area contributed by atoms with Crippen LogP contribution in [0.2, 0.25) is 5.02 Å². The molecule has 0 radical (unpaired) electrons. The molecule has 2 aromatic rings. The van der Waals surface area contributed by atoms with Crippen molar-refractivity contribution >= 4 is 35.0 Å². The van der Waals surface area contributed by atoms with Crippen molar-refractivity contribution in [2.45, 2.75) is 25.5 Å². The maximum Gasteiger partial charge on any atom is 0.414 e. The quantitative estimate of drug-likeness (QED) is 0.621. The van der Waals surface area contributed by atoms with E-state index in [2.05, 4.69) is 0 Å². The van der Waals surface area contributed by atoms with E-state index in [0.29, 0.717) is 35.8 Å². The maximum absolute atomic E-state index is 13.5. The Hall–Kier alpha value is -2.87. The second kappa shape index (κ2) is 8.94. The van der Waals surface area contributed by atoms with Crippen LogP contribution >= 0.6 is 11.6 Å². The number of aliphatic hydroxyl groups excluding tert-OH is 1. The number of carbonyl (C=O) groups excluding carboxylic acids is 2. The number of ether oxygens (including phenoxy) is 1. The minimum atomic E-state index is -1.76. The zero-order valence-electron chi connectivity index (χ0n) is 17.7. The lowest BCUT2D eigenvalue weighted by Gasteiger charge is -2.27. The van der Waals surface area contributed by atoms with Gasteiger partial charge in [-0.1, -0.05) is 42.8 Å². The molecule has 1 saturated heterocycles. The molecule has 0 spiro atoms. The third-order valence-corrected chi connectivity index (χ3v) is 6.20. The van der Waals surface area contributed by atoms with Gasteiger partial charge in [0, 0.05) is 28.8 Å². The van der Waals surface area contributed by atoms with Crippen molar-refractivity contribution in [2.24, 2.45) is 5.92 Å². The van der Waals surface area contributed by atoms with Crippen LogP contribution < -0.4 is 9.80 Å². The van der Waals surface area contributed by atoms with Gasteiger partial charge in [-0.2, -0.15) is 0 Å². The summed E-state index contributed by atoms with van der Waals surface area (Å²) in [4.78, 5) is 28.4. The van der Waals surface area contributed by atoms with Crippen LogP contribution in [0.15, 0.2) is 54.6 Å². The van der Waals surface area contributed by atoms with Gasteiger partial charge in [-0.3, -0.25) is 9.69 Å². The largest absolute Gasteiger partial charge is 0.447 e. The average molecular weight is 457 g/mol. The molecule has 0 aliphatic carbocycles. The molecule has 2 N–H and O–H groups in total. The molecule has 2 amide bonds. The molecule has 2 aliphatic heterocycles. The van der Waals surface area contributed by atoms with Crippen LogP contribution in [-0.4, -0.2) is 42.0 Å². The summed E-state index contributed by atoms with van der Waals surface area (Å²) in [5.41, 5.74) is 0.897. The van der Waals surface area contributed by atoms with Crippen molar-refractivity contribution in [3.63, 3.8) is 0 Å². The molecular weight excluding hydrogens is 432 g/mol. The van der Waals surface area contributed by atoms with Crippen molar-refractivity contribution in [1.82, 2.24) is 0 Å². The average Bonchev–Trinajstić information content (AvgIpc) is 3.30. The summed E-state index contributed by atoms with van der Waals surface area (Å²) in [5.74, 6) is -0.949. The van der Waals surface area contributed by atoms with Crippen LogP contribution in [0.1, 0.15) is 24.5 Å². The Balaban J connectivity index is 1.62. The van der Waals surface area contributed by atoms with Crippen molar-refractivity contribution < 1.29 is 24.5 Å². The Morgan fingerprint density at radius 1 is 1.22 bits per heavy atom. The lowest BCUT2D eigenvalue weighted by molar-refractivity contribution is -0.139. The lowest BCUT2D eigenvalue weighted by atomic mass is 9.83. The molecule has 2 atom stereocenters. The SMILES string of the molecule is C[C@@H](/C=C/CCO)[C@]1(O)C(=O)N(Cc2ccc(N3CCOC3=O)cc2)c2ccc(Cl)cc21. The first kappa shape index (κ1) is 22.3. The first-order chi connectivity index (χ1) is 15.4. The summed E-state index contributed by atoms with van der Waals surface area (Å²) < 4.78 is 4.98. The van der Waals surface area contributed by atoms with Gasteiger partial charge >= 0.3 is 6.09 Å². The van der Waals surface area contributed by atoms with E-state index in [-0.39, 0.29) is 19.2 Å². The molecule has 2 aromatic carbocycles. The second-order valence-electron chi connectivity index (χ2n) is 7.98. The minimum absolute atomic E-state index is 0.00468. The highest BCUT2D eigenvalue weighted by Crippen LogP contribution is 2.46. The Kier molecular flexibility index (Phi) is 6.24. The molecule has 4 rings (SSSR count). The van der Waals surface area contributed by atoms with E-state index < -0.39 is 17.4 Å². The molecule has 7 nitrogen and oxygen atoms in total. The molecule has 1 fully saturated rings. The fourth-order valence-electron chi connectivity index (χ4n) is 4.18. The van der Waals surface area contributed by atoms with Gasteiger partial charge in [-0.05, 0) is 42.3 Å². The first-order valence-electron chi connectivity index (χ1n) is 10.5. The van der Waals surface area contributed by atoms with Gasteiger partial charge < -0.3 is 19.8 Å². The van der Waals surface area contributed by atoms with Gasteiger partial charge in [-0.25, -0.2) is 4.79 Å². The van der Waals surface area contributed by atoms with Crippen molar-refractivity contribution in [3.05, 3.63) is 70.8 Å². The molecule has 0 saturated carbocycles. The summed E-state index contributed by atoms with van der Waals surface area (Å²) in [6.07, 6.45) is 3.57. The fourth-order valence-corrected chi connectivity index (χ4v) is 4.35. The van der Waals surface area contributed by atoms with Gasteiger partial charge in [-0.15, -0.1) is 0 Å². The number of fused-ring (bicyclic) bond motifs is 1. The van der Waals surface area contributed by atoms with E-state index in [1.165, 1.54) is 0 Å². The number of amides is 2. The summed E-state index contributed by atoms with van der Waals surface area (Å²) in [6.45, 7) is 2.89. The van der Waals surface area contributed by atoms with E-state index in [9.17, 15) is 14.7 Å². The number of aliphatic hydroxyl groups is 2. The van der Waals surface area contributed by atoms with E-state index >= 15 is 0 Å². The fraction of sp³-hybridized carbons (Fsp3) is 0.333. The third kappa shape index (κ3) is 3.88. The van der Waals surface area contributed by atoms with Crippen LogP contribution in [-0.2, 0) is 21.7 Å². The number of carbonyl (C=O) groups is 2. The monoisotopic (exact) mass is 456 g/mol. The Morgan fingerprint density at radius 3 is 2.62 bits per heavy atom. The number of anilines is 2. The van der Waals surface area contributed by atoms with Crippen molar-refractivity contribution in [1.29, 1.82) is 0 Å². The number of halogens is 1. The number of nitrogens with zero attached hydrogens (tertiary/aromatic N) is 2. The summed E-state index contributed by atoms with van der Waals surface area (Å²) in [6, 6.07) is 12.4. The molecule has 8 heteroatoms. The Morgan fingerprint density at radius 2 is 1.97 bits per heavy atom. The number of rotatable bonds is 7. The van der Waals surface area contributed by atoms with Crippen LogP contribution in [0.5, 0.6) is 0 Å². The van der Waals surface area contributed by atoms with Crippen LogP contribution in [0.25, 0.3) is 0 Å². The molecule has 0 unspecified atom stereocenters. The van der Waals surface area contributed by atoms with Gasteiger partial charge in [0.15, 0.2) is 5.60 Å². The molecule has 32 heavy (non-hydrogen) atoms. The van der Waals surface area contributed by atoms with E-state index in [4.69, 9.17) is 21.4 Å². The smallest absolute Gasteiger partial charge is 0.414 e. The van der Waals surface area contributed by atoms with Crippen LogP contribution in [0, 0.1) is 5.92 Å². The van der Waals surface area contributed by atoms with Gasteiger partial charge in [0.25, 0.3) is 5.91 Å². The summed E-state index contributed by atoms with van der Waals surface area (Å²) in [7, 11) is 0. The highest BCUT2D eigenvalue weighted by molar-refractivity contribution is 6.31. The predicted molar refractivity (Wildman–Crippen MR) is 122 cm³/mol. The van der Waals surface area contributed by atoms with Gasteiger partial charge in [0.2, 0.25) is 0 Å². The highest BCUT2D eigenvalue weighted by Gasteiger charge is 2.52. The minimum Gasteiger partial charge on any atom is -0.447 e. The number of benzene rings is 2.